The van der Waals surface area contributed by atoms with Crippen molar-refractivity contribution in [2.75, 3.05) is 52.5 Å². The van der Waals surface area contributed by atoms with Crippen LogP contribution in [-0.2, 0) is 9.53 Å². The first kappa shape index (κ1) is 20.2. The van der Waals surface area contributed by atoms with E-state index in [4.69, 9.17) is 9.47 Å². The van der Waals surface area contributed by atoms with Crippen molar-refractivity contribution in [3.8, 4) is 5.75 Å². The zero-order valence-corrected chi connectivity index (χ0v) is 16.5. The van der Waals surface area contributed by atoms with Gasteiger partial charge in [-0.1, -0.05) is 37.5 Å². The van der Waals surface area contributed by atoms with Crippen LogP contribution < -0.4 is 4.74 Å². The largest absolute Gasteiger partial charge is 0.491 e. The lowest BCUT2D eigenvalue weighted by atomic mass is 9.89. The molecule has 1 aliphatic heterocycles. The van der Waals surface area contributed by atoms with Gasteiger partial charge in [0, 0.05) is 26.2 Å². The SMILES string of the molecule is O=C(COCCOc1ccccc1)N1CCCN(CC2CCCCC2)CC1. The molecule has 1 amide bonds. The molecule has 0 unspecified atom stereocenters. The number of hydrogen-bond acceptors (Lipinski definition) is 4. The second kappa shape index (κ2) is 11.3. The van der Waals surface area contributed by atoms with Gasteiger partial charge in [-0.25, -0.2) is 0 Å². The van der Waals surface area contributed by atoms with Crippen LogP contribution in [0, 0.1) is 5.92 Å². The Morgan fingerprint density at radius 2 is 1.74 bits per heavy atom. The second-order valence-electron chi connectivity index (χ2n) is 7.75. The second-order valence-corrected chi connectivity index (χ2v) is 7.75. The molecule has 3 rings (SSSR count). The summed E-state index contributed by atoms with van der Waals surface area (Å²) in [5.74, 6) is 1.81. The summed E-state index contributed by atoms with van der Waals surface area (Å²) in [6, 6.07) is 9.68. The van der Waals surface area contributed by atoms with Gasteiger partial charge in [0.25, 0.3) is 0 Å². The van der Waals surface area contributed by atoms with E-state index < -0.39 is 0 Å². The summed E-state index contributed by atoms with van der Waals surface area (Å²) in [4.78, 5) is 17.0. The molecule has 0 N–H and O–H groups in total. The van der Waals surface area contributed by atoms with Gasteiger partial charge in [-0.3, -0.25) is 4.79 Å². The van der Waals surface area contributed by atoms with E-state index >= 15 is 0 Å². The molecule has 0 atom stereocenters. The fourth-order valence-corrected chi connectivity index (χ4v) is 4.12. The molecule has 2 fully saturated rings. The molecule has 2 aliphatic rings. The number of carbonyl (C=O) groups is 1. The Hall–Kier alpha value is -1.59. The first-order chi connectivity index (χ1) is 13.3. The normalized spacial score (nSPS) is 19.6. The van der Waals surface area contributed by atoms with E-state index in [-0.39, 0.29) is 12.5 Å². The Morgan fingerprint density at radius 3 is 2.56 bits per heavy atom. The summed E-state index contributed by atoms with van der Waals surface area (Å²) in [6.07, 6.45) is 8.05. The Bertz CT molecular complexity index is 546. The standard InChI is InChI=1S/C22H34N2O3/c25-22(19-26-16-17-27-21-10-5-2-6-11-21)24-13-7-12-23(14-15-24)18-20-8-3-1-4-9-20/h2,5-6,10-11,20H,1,3-4,7-9,12-19H2. The molecule has 0 radical (unpaired) electrons. The number of rotatable bonds is 8. The van der Waals surface area contributed by atoms with E-state index in [0.717, 1.165) is 44.3 Å². The number of benzene rings is 1. The summed E-state index contributed by atoms with van der Waals surface area (Å²) in [7, 11) is 0. The number of carbonyl (C=O) groups excluding carboxylic acids is 1. The molecular formula is C22H34N2O3. The highest BCUT2D eigenvalue weighted by molar-refractivity contribution is 5.77. The van der Waals surface area contributed by atoms with Crippen LogP contribution in [0.3, 0.4) is 0 Å². The summed E-state index contributed by atoms with van der Waals surface area (Å²) >= 11 is 0. The molecule has 5 heteroatoms. The molecule has 150 valence electrons. The minimum absolute atomic E-state index is 0.106. The van der Waals surface area contributed by atoms with Crippen molar-refractivity contribution in [3.63, 3.8) is 0 Å². The van der Waals surface area contributed by atoms with Crippen LogP contribution >= 0.6 is 0 Å². The monoisotopic (exact) mass is 374 g/mol. The van der Waals surface area contributed by atoms with Crippen molar-refractivity contribution in [3.05, 3.63) is 30.3 Å². The van der Waals surface area contributed by atoms with Gasteiger partial charge in [-0.05, 0) is 43.9 Å². The van der Waals surface area contributed by atoms with Crippen LogP contribution in [0.2, 0.25) is 0 Å². The molecule has 1 heterocycles. The third-order valence-electron chi connectivity index (χ3n) is 5.65. The van der Waals surface area contributed by atoms with Gasteiger partial charge in [0.1, 0.15) is 19.0 Å². The Morgan fingerprint density at radius 1 is 0.926 bits per heavy atom. The van der Waals surface area contributed by atoms with Gasteiger partial charge in [-0.15, -0.1) is 0 Å². The average Bonchev–Trinajstić information content (AvgIpc) is 2.95. The average molecular weight is 375 g/mol. The highest BCUT2D eigenvalue weighted by atomic mass is 16.5. The fourth-order valence-electron chi connectivity index (χ4n) is 4.12. The van der Waals surface area contributed by atoms with Crippen molar-refractivity contribution in [2.24, 2.45) is 5.92 Å². The Labute approximate surface area is 163 Å². The zero-order chi connectivity index (χ0) is 18.7. The minimum atomic E-state index is 0.106. The van der Waals surface area contributed by atoms with Gasteiger partial charge in [0.2, 0.25) is 5.91 Å². The van der Waals surface area contributed by atoms with Crippen LogP contribution in [0.25, 0.3) is 0 Å². The Kier molecular flexibility index (Phi) is 8.43. The summed E-state index contributed by atoms with van der Waals surface area (Å²) in [5.41, 5.74) is 0. The van der Waals surface area contributed by atoms with Crippen LogP contribution in [0.5, 0.6) is 5.75 Å². The summed E-state index contributed by atoms with van der Waals surface area (Å²) in [5, 5.41) is 0. The van der Waals surface area contributed by atoms with Crippen LogP contribution in [0.1, 0.15) is 38.5 Å². The van der Waals surface area contributed by atoms with Gasteiger partial charge in [0.05, 0.1) is 6.61 Å². The number of amides is 1. The van der Waals surface area contributed by atoms with Crippen molar-refractivity contribution < 1.29 is 14.3 Å². The zero-order valence-electron chi connectivity index (χ0n) is 16.5. The lowest BCUT2D eigenvalue weighted by Gasteiger charge is -2.28. The molecule has 0 bridgehead atoms. The molecule has 1 aromatic carbocycles. The molecule has 1 aromatic rings. The van der Waals surface area contributed by atoms with Crippen LogP contribution in [0.15, 0.2) is 30.3 Å². The highest BCUT2D eigenvalue weighted by Gasteiger charge is 2.22. The molecule has 1 saturated heterocycles. The maximum Gasteiger partial charge on any atom is 0.248 e. The summed E-state index contributed by atoms with van der Waals surface area (Å²) < 4.78 is 11.1. The molecule has 0 spiro atoms. The fraction of sp³-hybridized carbons (Fsp3) is 0.682. The number of ether oxygens (including phenoxy) is 2. The van der Waals surface area contributed by atoms with E-state index in [9.17, 15) is 4.79 Å². The number of para-hydroxylation sites is 1. The highest BCUT2D eigenvalue weighted by Crippen LogP contribution is 2.24. The minimum Gasteiger partial charge on any atom is -0.491 e. The molecule has 1 aliphatic carbocycles. The van der Waals surface area contributed by atoms with Crippen molar-refractivity contribution in [1.82, 2.24) is 9.80 Å². The van der Waals surface area contributed by atoms with Gasteiger partial charge in [0.15, 0.2) is 0 Å². The molecule has 5 nitrogen and oxygen atoms in total. The van der Waals surface area contributed by atoms with E-state index in [1.807, 2.05) is 35.2 Å². The van der Waals surface area contributed by atoms with E-state index in [2.05, 4.69) is 4.90 Å². The maximum absolute atomic E-state index is 12.4. The predicted octanol–water partition coefficient (Wildman–Crippen LogP) is 3.20. The van der Waals surface area contributed by atoms with Crippen LogP contribution in [0.4, 0.5) is 0 Å². The maximum atomic E-state index is 12.4. The third kappa shape index (κ3) is 7.15. The first-order valence-corrected chi connectivity index (χ1v) is 10.6. The molecule has 27 heavy (non-hydrogen) atoms. The Balaban J connectivity index is 1.29. The quantitative estimate of drug-likeness (QED) is 0.656. The van der Waals surface area contributed by atoms with Crippen molar-refractivity contribution in [1.29, 1.82) is 0 Å². The molecule has 0 aromatic heterocycles. The summed E-state index contributed by atoms with van der Waals surface area (Å²) in [6.45, 7) is 6.07. The molecule has 1 saturated carbocycles. The number of nitrogens with zero attached hydrogens (tertiary/aromatic N) is 2. The predicted molar refractivity (Wildman–Crippen MR) is 107 cm³/mol. The first-order valence-electron chi connectivity index (χ1n) is 10.6. The topological polar surface area (TPSA) is 42.0 Å². The van der Waals surface area contributed by atoms with E-state index in [1.54, 1.807) is 0 Å². The van der Waals surface area contributed by atoms with Gasteiger partial charge >= 0.3 is 0 Å². The lowest BCUT2D eigenvalue weighted by Crippen LogP contribution is -2.38. The smallest absolute Gasteiger partial charge is 0.248 e. The van der Waals surface area contributed by atoms with E-state index in [1.165, 1.54) is 38.6 Å². The lowest BCUT2D eigenvalue weighted by molar-refractivity contribution is -0.136. The van der Waals surface area contributed by atoms with Crippen LogP contribution in [-0.4, -0.2) is 68.3 Å². The van der Waals surface area contributed by atoms with Gasteiger partial charge in [-0.2, -0.15) is 0 Å². The van der Waals surface area contributed by atoms with E-state index in [0.29, 0.717) is 13.2 Å². The third-order valence-corrected chi connectivity index (χ3v) is 5.65. The van der Waals surface area contributed by atoms with Crippen molar-refractivity contribution in [2.45, 2.75) is 38.5 Å². The van der Waals surface area contributed by atoms with Gasteiger partial charge < -0.3 is 19.3 Å². The number of hydrogen-bond donors (Lipinski definition) is 0. The molecular weight excluding hydrogens is 340 g/mol. The van der Waals surface area contributed by atoms with Crippen molar-refractivity contribution >= 4 is 5.91 Å².